The summed E-state index contributed by atoms with van der Waals surface area (Å²) in [6.07, 6.45) is 8.51. The summed E-state index contributed by atoms with van der Waals surface area (Å²) in [5.74, 6) is 5.13. The summed E-state index contributed by atoms with van der Waals surface area (Å²) >= 11 is 0. The first-order chi connectivity index (χ1) is 13.9. The van der Waals surface area contributed by atoms with Crippen LogP contribution >= 0.6 is 8.19 Å². The van der Waals surface area contributed by atoms with E-state index >= 15 is 0 Å². The van der Waals surface area contributed by atoms with Crippen LogP contribution in [0, 0.1) is 24.7 Å². The van der Waals surface area contributed by atoms with E-state index in [-0.39, 0.29) is 0 Å². The lowest BCUT2D eigenvalue weighted by Crippen LogP contribution is -2.48. The van der Waals surface area contributed by atoms with E-state index in [0.29, 0.717) is 23.4 Å². The minimum Gasteiger partial charge on any atom is -0.207 e. The number of aryl methyl sites for hydroxylation is 1. The topological polar surface area (TPSA) is 37.4 Å². The van der Waals surface area contributed by atoms with Crippen LogP contribution in [0.25, 0.3) is 0 Å². The smallest absolute Gasteiger partial charge is 0.207 e. The van der Waals surface area contributed by atoms with Gasteiger partial charge in [0.2, 0.25) is 10.0 Å². The lowest BCUT2D eigenvalue weighted by atomic mass is 9.49. The van der Waals surface area contributed by atoms with E-state index in [1.54, 1.807) is 21.7 Å². The average molecular weight is 426 g/mol. The van der Waals surface area contributed by atoms with Crippen LogP contribution in [-0.4, -0.2) is 12.7 Å². The van der Waals surface area contributed by atoms with Gasteiger partial charge in [0, 0.05) is 18.5 Å². The lowest BCUT2D eigenvalue weighted by molar-refractivity contribution is -0.00350. The van der Waals surface area contributed by atoms with Crippen molar-refractivity contribution >= 4 is 18.2 Å². The maximum Gasteiger partial charge on any atom is 0.243 e. The number of benzene rings is 1. The van der Waals surface area contributed by atoms with Gasteiger partial charge in [-0.05, 0) is 104 Å². The first kappa shape index (κ1) is 18.5. The van der Waals surface area contributed by atoms with Gasteiger partial charge >= 0.3 is 0 Å². The second-order valence-electron chi connectivity index (χ2n) is 10.1. The number of sulfonamides is 1. The molecule has 4 bridgehead atoms. The Morgan fingerprint density at radius 1 is 0.931 bits per heavy atom. The van der Waals surface area contributed by atoms with E-state index in [4.69, 9.17) is 0 Å². The fourth-order valence-electron chi connectivity index (χ4n) is 6.99. The number of rotatable bonds is 3. The van der Waals surface area contributed by atoms with Gasteiger partial charge in [0.25, 0.3) is 0 Å². The molecule has 0 N–H and O–H groups in total. The monoisotopic (exact) mass is 425 g/mol. The molecule has 2 aromatic rings. The van der Waals surface area contributed by atoms with E-state index in [2.05, 4.69) is 11.9 Å². The Morgan fingerprint density at radius 2 is 1.52 bits per heavy atom. The molecule has 0 atom stereocenters. The molecule has 152 valence electrons. The SMILES string of the molecule is Cc1ccc(S(=O)(=O)N2Cc3cpc(C45CC6CC(CC(C6)C4)C5)cc3C2)cc1. The largest absolute Gasteiger partial charge is 0.243 e. The minimum atomic E-state index is -3.44. The molecule has 7 rings (SSSR count). The summed E-state index contributed by atoms with van der Waals surface area (Å²) in [7, 11) is -2.12. The van der Waals surface area contributed by atoms with Crippen molar-refractivity contribution in [3.63, 3.8) is 0 Å². The van der Waals surface area contributed by atoms with Gasteiger partial charge in [-0.3, -0.25) is 0 Å². The van der Waals surface area contributed by atoms with Crippen molar-refractivity contribution in [1.29, 1.82) is 0 Å². The van der Waals surface area contributed by atoms with Gasteiger partial charge in [-0.2, -0.15) is 4.31 Å². The molecule has 1 aromatic carbocycles. The first-order valence-electron chi connectivity index (χ1n) is 11.0. The van der Waals surface area contributed by atoms with Gasteiger partial charge in [0.1, 0.15) is 0 Å². The molecule has 0 unspecified atom stereocenters. The van der Waals surface area contributed by atoms with Crippen LogP contribution in [0.3, 0.4) is 0 Å². The fraction of sp³-hybridized carbons (Fsp3) is 0.542. The van der Waals surface area contributed by atoms with Crippen LogP contribution in [0.1, 0.15) is 60.5 Å². The van der Waals surface area contributed by atoms with E-state index in [9.17, 15) is 8.42 Å². The van der Waals surface area contributed by atoms with E-state index in [1.165, 1.54) is 57.8 Å². The first-order valence-corrected chi connectivity index (χ1v) is 13.4. The summed E-state index contributed by atoms with van der Waals surface area (Å²) in [5, 5.41) is 1.59. The van der Waals surface area contributed by atoms with Gasteiger partial charge in [-0.1, -0.05) is 25.9 Å². The molecule has 0 amide bonds. The van der Waals surface area contributed by atoms with Gasteiger partial charge in [0.15, 0.2) is 0 Å². The van der Waals surface area contributed by atoms with Crippen LogP contribution in [0.15, 0.2) is 41.0 Å². The Kier molecular flexibility index (Phi) is 4.08. The molecule has 4 fully saturated rings. The Labute approximate surface area is 175 Å². The molecule has 1 aromatic heterocycles. The van der Waals surface area contributed by atoms with Crippen molar-refractivity contribution in [2.24, 2.45) is 17.8 Å². The molecular formula is C24H28NO2PS. The van der Waals surface area contributed by atoms with Crippen LogP contribution in [0.5, 0.6) is 0 Å². The van der Waals surface area contributed by atoms with Crippen molar-refractivity contribution in [3.05, 3.63) is 58.1 Å². The van der Waals surface area contributed by atoms with Crippen LogP contribution in [0.2, 0.25) is 0 Å². The van der Waals surface area contributed by atoms with Crippen LogP contribution < -0.4 is 0 Å². The normalized spacial score (nSPS) is 33.5. The molecule has 5 heteroatoms. The molecule has 0 spiro atoms. The molecule has 3 nitrogen and oxygen atoms in total. The Bertz CT molecular complexity index is 1040. The quantitative estimate of drug-likeness (QED) is 0.628. The Morgan fingerprint density at radius 3 is 2.14 bits per heavy atom. The molecule has 1 aliphatic heterocycles. The molecule has 29 heavy (non-hydrogen) atoms. The fourth-order valence-corrected chi connectivity index (χ4v) is 9.71. The molecule has 2 heterocycles. The predicted octanol–water partition coefficient (Wildman–Crippen LogP) is 5.75. The third kappa shape index (κ3) is 2.94. The van der Waals surface area contributed by atoms with Gasteiger partial charge in [0.05, 0.1) is 4.90 Å². The summed E-state index contributed by atoms with van der Waals surface area (Å²) < 4.78 is 28.0. The van der Waals surface area contributed by atoms with E-state index in [0.717, 1.165) is 23.3 Å². The van der Waals surface area contributed by atoms with Crippen molar-refractivity contribution in [2.75, 3.05) is 0 Å². The standard InChI is InChI=1S/C24H28NO2PS/c1-16-2-4-22(5-3-16)29(26,27)25-13-20-9-23(28-15-21(20)14-25)24-10-17-6-18(11-24)8-19(7-17)12-24/h2-5,9,15,17-19H,6-8,10-14H2,1H3. The molecule has 0 saturated heterocycles. The Hall–Kier alpha value is -1.22. The van der Waals surface area contributed by atoms with Crippen molar-refractivity contribution in [3.8, 4) is 0 Å². The number of fused-ring (bicyclic) bond motifs is 1. The van der Waals surface area contributed by atoms with Crippen LogP contribution in [-0.2, 0) is 28.5 Å². The zero-order chi connectivity index (χ0) is 19.8. The minimum absolute atomic E-state index is 0.408. The number of nitrogens with zero attached hydrogens (tertiary/aromatic N) is 1. The van der Waals surface area contributed by atoms with Crippen molar-refractivity contribution in [1.82, 2.24) is 4.31 Å². The highest BCUT2D eigenvalue weighted by Gasteiger charge is 2.52. The summed E-state index contributed by atoms with van der Waals surface area (Å²) in [5.41, 5.74) is 3.95. The average Bonchev–Trinajstić information content (AvgIpc) is 3.11. The van der Waals surface area contributed by atoms with Gasteiger partial charge in [-0.15, -0.1) is 0 Å². The molecule has 0 radical (unpaired) electrons. The second-order valence-corrected chi connectivity index (χ2v) is 13.1. The lowest BCUT2D eigenvalue weighted by Gasteiger charge is -2.57. The van der Waals surface area contributed by atoms with Gasteiger partial charge < -0.3 is 0 Å². The third-order valence-electron chi connectivity index (χ3n) is 8.02. The second kappa shape index (κ2) is 6.39. The Balaban J connectivity index is 1.30. The van der Waals surface area contributed by atoms with Gasteiger partial charge in [-0.25, -0.2) is 8.42 Å². The number of hydrogen-bond acceptors (Lipinski definition) is 2. The zero-order valence-electron chi connectivity index (χ0n) is 17.0. The summed E-state index contributed by atoms with van der Waals surface area (Å²) in [6, 6.07) is 9.65. The maximum absolute atomic E-state index is 13.2. The van der Waals surface area contributed by atoms with Crippen molar-refractivity contribution < 1.29 is 8.42 Å². The number of hydrogen-bond donors (Lipinski definition) is 0. The molecular weight excluding hydrogens is 397 g/mol. The third-order valence-corrected chi connectivity index (χ3v) is 11.1. The highest BCUT2D eigenvalue weighted by atomic mass is 32.2. The van der Waals surface area contributed by atoms with Crippen molar-refractivity contribution in [2.45, 2.75) is 68.8 Å². The summed E-state index contributed by atoms with van der Waals surface area (Å²) in [4.78, 5) is 0.408. The maximum atomic E-state index is 13.2. The highest BCUT2D eigenvalue weighted by molar-refractivity contribution is 7.89. The van der Waals surface area contributed by atoms with E-state index < -0.39 is 10.0 Å². The summed E-state index contributed by atoms with van der Waals surface area (Å²) in [6.45, 7) is 3.02. The molecule has 4 aliphatic carbocycles. The highest BCUT2D eigenvalue weighted by Crippen LogP contribution is 2.62. The van der Waals surface area contributed by atoms with Crippen LogP contribution in [0.4, 0.5) is 0 Å². The zero-order valence-corrected chi connectivity index (χ0v) is 18.7. The molecule has 5 aliphatic rings. The molecule has 4 saturated carbocycles. The van der Waals surface area contributed by atoms with E-state index in [1.807, 2.05) is 19.1 Å². The predicted molar refractivity (Wildman–Crippen MR) is 116 cm³/mol.